The molecule has 1 aliphatic heterocycles. The fraction of sp³-hybridized carbons (Fsp3) is 0.562. The van der Waals surface area contributed by atoms with Crippen molar-refractivity contribution in [2.75, 3.05) is 26.8 Å². The highest BCUT2D eigenvalue weighted by Gasteiger charge is 2.10. The van der Waals surface area contributed by atoms with E-state index in [-0.39, 0.29) is 12.5 Å². The van der Waals surface area contributed by atoms with Crippen LogP contribution in [0.5, 0.6) is 0 Å². The summed E-state index contributed by atoms with van der Waals surface area (Å²) in [7, 11) is 1.52. The Morgan fingerprint density at radius 3 is 2.45 bits per heavy atom. The monoisotopic (exact) mass is 276 g/mol. The molecule has 1 fully saturated rings. The SMILES string of the molecule is COCC(=O)NCc1ccc(CN2CCCCC2)cc1. The van der Waals surface area contributed by atoms with E-state index in [0.29, 0.717) is 6.54 Å². The zero-order valence-corrected chi connectivity index (χ0v) is 12.2. The quantitative estimate of drug-likeness (QED) is 0.863. The number of hydrogen-bond donors (Lipinski definition) is 1. The van der Waals surface area contributed by atoms with Gasteiger partial charge in [-0.25, -0.2) is 0 Å². The van der Waals surface area contributed by atoms with Crippen LogP contribution in [-0.4, -0.2) is 37.6 Å². The van der Waals surface area contributed by atoms with Crippen LogP contribution < -0.4 is 5.32 Å². The molecule has 1 saturated heterocycles. The fourth-order valence-electron chi connectivity index (χ4n) is 2.52. The number of piperidine rings is 1. The zero-order chi connectivity index (χ0) is 14.2. The highest BCUT2D eigenvalue weighted by molar-refractivity contribution is 5.77. The van der Waals surface area contributed by atoms with Crippen molar-refractivity contribution < 1.29 is 9.53 Å². The van der Waals surface area contributed by atoms with E-state index in [0.717, 1.165) is 12.1 Å². The van der Waals surface area contributed by atoms with Crippen LogP contribution in [0.1, 0.15) is 30.4 Å². The van der Waals surface area contributed by atoms with Crippen LogP contribution in [0, 0.1) is 0 Å². The number of nitrogens with one attached hydrogen (secondary N) is 1. The first kappa shape index (κ1) is 15.0. The van der Waals surface area contributed by atoms with Gasteiger partial charge in [0.2, 0.25) is 5.91 Å². The second-order valence-corrected chi connectivity index (χ2v) is 5.36. The van der Waals surface area contributed by atoms with E-state index in [9.17, 15) is 4.79 Å². The predicted octanol–water partition coefficient (Wildman–Crippen LogP) is 1.94. The maximum atomic E-state index is 11.3. The summed E-state index contributed by atoms with van der Waals surface area (Å²) in [5.41, 5.74) is 2.47. The van der Waals surface area contributed by atoms with Crippen molar-refractivity contribution in [1.29, 1.82) is 0 Å². The Bertz CT molecular complexity index is 411. The topological polar surface area (TPSA) is 41.6 Å². The molecule has 0 radical (unpaired) electrons. The Labute approximate surface area is 121 Å². The third-order valence-corrected chi connectivity index (χ3v) is 3.64. The van der Waals surface area contributed by atoms with Crippen molar-refractivity contribution >= 4 is 5.91 Å². The van der Waals surface area contributed by atoms with Crippen molar-refractivity contribution in [3.63, 3.8) is 0 Å². The molecule has 1 heterocycles. The molecule has 0 aromatic heterocycles. The lowest BCUT2D eigenvalue weighted by molar-refractivity contribution is -0.124. The summed E-state index contributed by atoms with van der Waals surface area (Å²) in [5.74, 6) is -0.0788. The highest BCUT2D eigenvalue weighted by atomic mass is 16.5. The lowest BCUT2D eigenvalue weighted by Crippen LogP contribution is -2.29. The minimum atomic E-state index is -0.0788. The average Bonchev–Trinajstić information content (AvgIpc) is 2.48. The summed E-state index contributed by atoms with van der Waals surface area (Å²) >= 11 is 0. The molecule has 4 heteroatoms. The second kappa shape index (κ2) is 8.02. The van der Waals surface area contributed by atoms with Gasteiger partial charge in [0.15, 0.2) is 0 Å². The number of benzene rings is 1. The number of carbonyl (C=O) groups is 1. The lowest BCUT2D eigenvalue weighted by atomic mass is 10.1. The molecule has 1 aliphatic rings. The summed E-state index contributed by atoms with van der Waals surface area (Å²) < 4.78 is 4.78. The molecule has 0 unspecified atom stereocenters. The van der Waals surface area contributed by atoms with Gasteiger partial charge in [-0.15, -0.1) is 0 Å². The second-order valence-electron chi connectivity index (χ2n) is 5.36. The number of likely N-dealkylation sites (tertiary alicyclic amines) is 1. The van der Waals surface area contributed by atoms with Gasteiger partial charge in [0, 0.05) is 20.2 Å². The third-order valence-electron chi connectivity index (χ3n) is 3.64. The summed E-state index contributed by atoms with van der Waals surface area (Å²) in [6.07, 6.45) is 4.02. The maximum absolute atomic E-state index is 11.3. The molecule has 0 atom stereocenters. The molecule has 110 valence electrons. The summed E-state index contributed by atoms with van der Waals surface area (Å²) in [6, 6.07) is 8.50. The van der Waals surface area contributed by atoms with E-state index < -0.39 is 0 Å². The standard InChI is InChI=1S/C16H24N2O2/c1-20-13-16(19)17-11-14-5-7-15(8-6-14)12-18-9-3-2-4-10-18/h5-8H,2-4,9-13H2,1H3,(H,17,19). The van der Waals surface area contributed by atoms with Gasteiger partial charge in [-0.05, 0) is 37.1 Å². The van der Waals surface area contributed by atoms with Crippen molar-refractivity contribution in [3.8, 4) is 0 Å². The van der Waals surface area contributed by atoms with Crippen molar-refractivity contribution in [2.45, 2.75) is 32.4 Å². The summed E-state index contributed by atoms with van der Waals surface area (Å²) in [4.78, 5) is 13.8. The van der Waals surface area contributed by atoms with E-state index >= 15 is 0 Å². The molecule has 0 bridgehead atoms. The van der Waals surface area contributed by atoms with Crippen LogP contribution in [0.3, 0.4) is 0 Å². The number of amides is 1. The number of rotatable bonds is 6. The van der Waals surface area contributed by atoms with Gasteiger partial charge in [0.25, 0.3) is 0 Å². The molecular formula is C16H24N2O2. The van der Waals surface area contributed by atoms with Crippen LogP contribution in [-0.2, 0) is 22.6 Å². The van der Waals surface area contributed by atoms with Gasteiger partial charge in [0.1, 0.15) is 6.61 Å². The number of hydrogen-bond acceptors (Lipinski definition) is 3. The minimum Gasteiger partial charge on any atom is -0.375 e. The first-order valence-electron chi connectivity index (χ1n) is 7.34. The molecule has 20 heavy (non-hydrogen) atoms. The first-order chi connectivity index (χ1) is 9.78. The number of nitrogens with zero attached hydrogens (tertiary/aromatic N) is 1. The van der Waals surface area contributed by atoms with Gasteiger partial charge < -0.3 is 10.1 Å². The van der Waals surface area contributed by atoms with Gasteiger partial charge in [-0.3, -0.25) is 9.69 Å². The number of methoxy groups -OCH3 is 1. The Hall–Kier alpha value is -1.39. The molecule has 1 aromatic carbocycles. The number of carbonyl (C=O) groups excluding carboxylic acids is 1. The zero-order valence-electron chi connectivity index (χ0n) is 12.2. The fourth-order valence-corrected chi connectivity index (χ4v) is 2.52. The van der Waals surface area contributed by atoms with E-state index in [4.69, 9.17) is 4.74 Å². The summed E-state index contributed by atoms with van der Waals surface area (Å²) in [6.45, 7) is 4.15. The molecule has 0 saturated carbocycles. The Morgan fingerprint density at radius 1 is 1.15 bits per heavy atom. The average molecular weight is 276 g/mol. The molecular weight excluding hydrogens is 252 g/mol. The summed E-state index contributed by atoms with van der Waals surface area (Å²) in [5, 5.41) is 2.83. The number of ether oxygens (including phenoxy) is 1. The molecule has 1 amide bonds. The first-order valence-corrected chi connectivity index (χ1v) is 7.34. The van der Waals surface area contributed by atoms with E-state index in [1.54, 1.807) is 0 Å². The van der Waals surface area contributed by atoms with Crippen LogP contribution in [0.2, 0.25) is 0 Å². The Kier molecular flexibility index (Phi) is 6.02. The molecule has 0 spiro atoms. The van der Waals surface area contributed by atoms with Gasteiger partial charge in [-0.1, -0.05) is 30.7 Å². The predicted molar refractivity (Wildman–Crippen MR) is 79.3 cm³/mol. The van der Waals surface area contributed by atoms with Crippen molar-refractivity contribution in [1.82, 2.24) is 10.2 Å². The lowest BCUT2D eigenvalue weighted by Gasteiger charge is -2.26. The van der Waals surface area contributed by atoms with Crippen molar-refractivity contribution in [2.24, 2.45) is 0 Å². The third kappa shape index (κ3) is 4.94. The molecule has 1 aromatic rings. The van der Waals surface area contributed by atoms with Gasteiger partial charge >= 0.3 is 0 Å². The molecule has 4 nitrogen and oxygen atoms in total. The van der Waals surface area contributed by atoms with Crippen LogP contribution >= 0.6 is 0 Å². The van der Waals surface area contributed by atoms with Gasteiger partial charge in [-0.2, -0.15) is 0 Å². The van der Waals surface area contributed by atoms with Gasteiger partial charge in [0.05, 0.1) is 0 Å². The smallest absolute Gasteiger partial charge is 0.246 e. The normalized spacial score (nSPS) is 16.1. The van der Waals surface area contributed by atoms with Crippen molar-refractivity contribution in [3.05, 3.63) is 35.4 Å². The van der Waals surface area contributed by atoms with E-state index in [1.165, 1.54) is 45.0 Å². The Balaban J connectivity index is 1.78. The minimum absolute atomic E-state index is 0.0788. The maximum Gasteiger partial charge on any atom is 0.246 e. The largest absolute Gasteiger partial charge is 0.375 e. The van der Waals surface area contributed by atoms with Crippen LogP contribution in [0.25, 0.3) is 0 Å². The molecule has 1 N–H and O–H groups in total. The van der Waals surface area contributed by atoms with E-state index in [1.807, 2.05) is 0 Å². The molecule has 2 rings (SSSR count). The van der Waals surface area contributed by atoms with Crippen LogP contribution in [0.4, 0.5) is 0 Å². The van der Waals surface area contributed by atoms with Crippen LogP contribution in [0.15, 0.2) is 24.3 Å². The Morgan fingerprint density at radius 2 is 1.80 bits per heavy atom. The highest BCUT2D eigenvalue weighted by Crippen LogP contribution is 2.13. The molecule has 0 aliphatic carbocycles. The van der Waals surface area contributed by atoms with E-state index in [2.05, 4.69) is 34.5 Å².